The van der Waals surface area contributed by atoms with Crippen LogP contribution in [0.1, 0.15) is 12.5 Å². The number of piperazine rings is 1. The van der Waals surface area contributed by atoms with Crippen LogP contribution in [0.5, 0.6) is 0 Å². The van der Waals surface area contributed by atoms with Gasteiger partial charge in [0.05, 0.1) is 16.6 Å². The van der Waals surface area contributed by atoms with E-state index in [4.69, 9.17) is 11.6 Å². The number of nitrogens with zero attached hydrogens (tertiary/aromatic N) is 3. The van der Waals surface area contributed by atoms with Crippen LogP contribution in [0.2, 0.25) is 5.02 Å². The van der Waals surface area contributed by atoms with E-state index in [1.165, 1.54) is 0 Å². The van der Waals surface area contributed by atoms with Crippen molar-refractivity contribution in [3.05, 3.63) is 53.2 Å². The van der Waals surface area contributed by atoms with Crippen molar-refractivity contribution in [2.45, 2.75) is 19.1 Å². The average Bonchev–Trinajstić information content (AvgIpc) is 2.67. The lowest BCUT2D eigenvalue weighted by Crippen LogP contribution is -2.53. The third kappa shape index (κ3) is 4.74. The highest BCUT2D eigenvalue weighted by atomic mass is 35.5. The Balaban J connectivity index is 1.59. The molecule has 1 saturated heterocycles. The van der Waals surface area contributed by atoms with Crippen molar-refractivity contribution in [1.29, 1.82) is 0 Å². The number of aromatic nitrogens is 1. The van der Waals surface area contributed by atoms with Gasteiger partial charge in [-0.1, -0.05) is 29.8 Å². The van der Waals surface area contributed by atoms with Crippen molar-refractivity contribution in [3.8, 4) is 0 Å². The molecule has 1 aromatic carbocycles. The zero-order chi connectivity index (χ0) is 20.3. The number of pyridine rings is 1. The molecule has 0 radical (unpaired) electrons. The monoisotopic (exact) mass is 412 g/mol. The smallest absolute Gasteiger partial charge is 0.353 e. The summed E-state index contributed by atoms with van der Waals surface area (Å²) in [6, 6.07) is 9.77. The minimum Gasteiger partial charge on any atom is -0.353 e. The summed E-state index contributed by atoms with van der Waals surface area (Å²) >= 11 is 6.03. The van der Waals surface area contributed by atoms with Crippen LogP contribution in [-0.4, -0.2) is 48.0 Å². The van der Waals surface area contributed by atoms with E-state index in [1.807, 2.05) is 47.1 Å². The molecule has 150 valence electrons. The number of benzene rings is 1. The molecule has 1 fully saturated rings. The summed E-state index contributed by atoms with van der Waals surface area (Å²) in [7, 11) is 0. The third-order valence-corrected chi connectivity index (χ3v) is 5.01. The standard InChI is InChI=1S/C19H20ClF3N4O/c1-13(18(28)25-15-5-3-2-4-6-15)26-7-9-27(10-8-26)17-16(20)11-14(12-24-17)19(21,22)23/h2-6,11-13H,7-10H2,1H3,(H,25,28)/t13-/m1/s1. The zero-order valence-corrected chi connectivity index (χ0v) is 16.0. The largest absolute Gasteiger partial charge is 0.417 e. The zero-order valence-electron chi connectivity index (χ0n) is 15.2. The maximum absolute atomic E-state index is 12.8. The molecule has 1 amide bonds. The van der Waals surface area contributed by atoms with E-state index in [2.05, 4.69) is 10.3 Å². The number of anilines is 2. The number of hydrogen-bond donors (Lipinski definition) is 1. The number of carbonyl (C=O) groups excluding carboxylic acids is 1. The van der Waals surface area contributed by atoms with Gasteiger partial charge in [-0.05, 0) is 25.1 Å². The molecule has 0 saturated carbocycles. The molecule has 9 heteroatoms. The average molecular weight is 413 g/mol. The number of para-hydroxylation sites is 1. The van der Waals surface area contributed by atoms with E-state index in [-0.39, 0.29) is 17.0 Å². The minimum absolute atomic E-state index is 0.0295. The first kappa shape index (κ1) is 20.4. The van der Waals surface area contributed by atoms with E-state index >= 15 is 0 Å². The van der Waals surface area contributed by atoms with Crippen molar-refractivity contribution < 1.29 is 18.0 Å². The van der Waals surface area contributed by atoms with Gasteiger partial charge in [-0.15, -0.1) is 0 Å². The van der Waals surface area contributed by atoms with Gasteiger partial charge in [-0.3, -0.25) is 9.69 Å². The topological polar surface area (TPSA) is 48.5 Å². The van der Waals surface area contributed by atoms with E-state index in [0.29, 0.717) is 32.0 Å². The van der Waals surface area contributed by atoms with Crippen LogP contribution < -0.4 is 10.2 Å². The molecule has 1 aliphatic heterocycles. The molecule has 5 nitrogen and oxygen atoms in total. The summed E-state index contributed by atoms with van der Waals surface area (Å²) in [5, 5.41) is 2.85. The van der Waals surface area contributed by atoms with E-state index in [0.717, 1.165) is 18.0 Å². The molecule has 0 bridgehead atoms. The third-order valence-electron chi connectivity index (χ3n) is 4.73. The highest BCUT2D eigenvalue weighted by Crippen LogP contribution is 2.33. The maximum Gasteiger partial charge on any atom is 0.417 e. The van der Waals surface area contributed by atoms with Gasteiger partial charge >= 0.3 is 6.18 Å². The van der Waals surface area contributed by atoms with Crippen molar-refractivity contribution >= 4 is 29.0 Å². The normalized spacial score (nSPS) is 16.7. The first-order valence-corrected chi connectivity index (χ1v) is 9.21. The van der Waals surface area contributed by atoms with Crippen LogP contribution in [0, 0.1) is 0 Å². The van der Waals surface area contributed by atoms with E-state index in [9.17, 15) is 18.0 Å². The lowest BCUT2D eigenvalue weighted by atomic mass is 10.2. The molecule has 2 aromatic rings. The number of rotatable bonds is 4. The van der Waals surface area contributed by atoms with Crippen LogP contribution in [0.4, 0.5) is 24.7 Å². The first-order valence-electron chi connectivity index (χ1n) is 8.83. The number of alkyl halides is 3. The summed E-state index contributed by atoms with van der Waals surface area (Å²) in [5.41, 5.74) is -0.134. The molecule has 1 aliphatic rings. The van der Waals surface area contributed by atoms with Gasteiger partial charge in [0.2, 0.25) is 5.91 Å². The summed E-state index contributed by atoms with van der Waals surface area (Å²) in [5.74, 6) is 0.223. The Morgan fingerprint density at radius 3 is 2.39 bits per heavy atom. The van der Waals surface area contributed by atoms with Crippen molar-refractivity contribution in [1.82, 2.24) is 9.88 Å². The number of halogens is 4. The lowest BCUT2D eigenvalue weighted by molar-refractivity contribution is -0.137. The maximum atomic E-state index is 12.8. The van der Waals surface area contributed by atoms with Gasteiger partial charge in [0.1, 0.15) is 5.82 Å². The molecule has 1 N–H and O–H groups in total. The van der Waals surface area contributed by atoms with Gasteiger partial charge in [0.15, 0.2) is 0 Å². The molecule has 0 spiro atoms. The molecule has 1 aromatic heterocycles. The van der Waals surface area contributed by atoms with Crippen molar-refractivity contribution in [3.63, 3.8) is 0 Å². The summed E-state index contributed by atoms with van der Waals surface area (Å²) in [4.78, 5) is 20.2. The van der Waals surface area contributed by atoms with Crippen LogP contribution in [0.3, 0.4) is 0 Å². The second-order valence-electron chi connectivity index (χ2n) is 6.58. The predicted molar refractivity (Wildman–Crippen MR) is 103 cm³/mol. The van der Waals surface area contributed by atoms with Gasteiger partial charge in [-0.2, -0.15) is 13.2 Å². The fourth-order valence-electron chi connectivity index (χ4n) is 3.07. The Morgan fingerprint density at radius 1 is 1.18 bits per heavy atom. The number of nitrogens with one attached hydrogen (secondary N) is 1. The van der Waals surface area contributed by atoms with Gasteiger partial charge < -0.3 is 10.2 Å². The second kappa shape index (κ2) is 8.36. The minimum atomic E-state index is -4.48. The molecule has 0 unspecified atom stereocenters. The number of carbonyl (C=O) groups is 1. The number of amides is 1. The Kier molecular flexibility index (Phi) is 6.10. The molecular formula is C19H20ClF3N4O. The van der Waals surface area contributed by atoms with Crippen LogP contribution in [-0.2, 0) is 11.0 Å². The number of hydrogen-bond acceptors (Lipinski definition) is 4. The SMILES string of the molecule is C[C@H](C(=O)Nc1ccccc1)N1CCN(c2ncc(C(F)(F)F)cc2Cl)CC1. The van der Waals surface area contributed by atoms with Crippen LogP contribution in [0.15, 0.2) is 42.6 Å². The predicted octanol–water partition coefficient (Wildman–Crippen LogP) is 3.90. The summed E-state index contributed by atoms with van der Waals surface area (Å²) in [6.45, 7) is 4.00. The van der Waals surface area contributed by atoms with Gasteiger partial charge in [0, 0.05) is 38.1 Å². The fraction of sp³-hybridized carbons (Fsp3) is 0.368. The van der Waals surface area contributed by atoms with Crippen LogP contribution >= 0.6 is 11.6 Å². The second-order valence-corrected chi connectivity index (χ2v) is 6.99. The Hall–Kier alpha value is -2.32. The van der Waals surface area contributed by atoms with E-state index < -0.39 is 11.7 Å². The molecule has 3 rings (SSSR count). The van der Waals surface area contributed by atoms with Gasteiger partial charge in [-0.25, -0.2) is 4.98 Å². The Labute approximate surface area is 166 Å². The van der Waals surface area contributed by atoms with Crippen LogP contribution in [0.25, 0.3) is 0 Å². The van der Waals surface area contributed by atoms with Gasteiger partial charge in [0.25, 0.3) is 0 Å². The van der Waals surface area contributed by atoms with E-state index in [1.54, 1.807) is 0 Å². The highest BCUT2D eigenvalue weighted by Gasteiger charge is 2.33. The highest BCUT2D eigenvalue weighted by molar-refractivity contribution is 6.33. The van der Waals surface area contributed by atoms with Crippen molar-refractivity contribution in [2.24, 2.45) is 0 Å². The lowest BCUT2D eigenvalue weighted by Gasteiger charge is -2.38. The summed E-state index contributed by atoms with van der Waals surface area (Å²) in [6.07, 6.45) is -3.68. The quantitative estimate of drug-likeness (QED) is 0.827. The van der Waals surface area contributed by atoms with Crippen molar-refractivity contribution in [2.75, 3.05) is 36.4 Å². The first-order chi connectivity index (χ1) is 13.3. The summed E-state index contributed by atoms with van der Waals surface area (Å²) < 4.78 is 38.3. The Bertz CT molecular complexity index is 824. The molecule has 2 heterocycles. The molecule has 28 heavy (non-hydrogen) atoms. The fourth-order valence-corrected chi connectivity index (χ4v) is 3.36. The molecular weight excluding hydrogens is 393 g/mol. The molecule has 0 aliphatic carbocycles. The molecule has 1 atom stereocenters. The Morgan fingerprint density at radius 2 is 1.82 bits per heavy atom.